The van der Waals surface area contributed by atoms with Crippen molar-refractivity contribution in [1.82, 2.24) is 14.9 Å². The molecular formula is C18H29N3O3S2. The van der Waals surface area contributed by atoms with Gasteiger partial charge in [-0.1, -0.05) is 31.7 Å². The van der Waals surface area contributed by atoms with E-state index in [0.717, 1.165) is 13.0 Å². The van der Waals surface area contributed by atoms with E-state index in [9.17, 15) is 13.2 Å². The number of nitrogens with one attached hydrogen (secondary N) is 2. The SMILES string of the molecule is O=C(NCCNC1CCCCCC1)C1CCCN1S(=O)(=O)c1cccs1. The van der Waals surface area contributed by atoms with Gasteiger partial charge in [-0.15, -0.1) is 11.3 Å². The minimum Gasteiger partial charge on any atom is -0.353 e. The number of carbonyl (C=O) groups excluding carboxylic acids is 1. The highest BCUT2D eigenvalue weighted by Crippen LogP contribution is 2.28. The summed E-state index contributed by atoms with van der Waals surface area (Å²) >= 11 is 1.20. The fourth-order valence-corrected chi connectivity index (χ4v) is 6.65. The number of thiophene rings is 1. The molecule has 1 saturated heterocycles. The van der Waals surface area contributed by atoms with Crippen LogP contribution in [-0.2, 0) is 14.8 Å². The van der Waals surface area contributed by atoms with Crippen LogP contribution in [0.2, 0.25) is 0 Å². The second kappa shape index (κ2) is 9.30. The normalized spacial score (nSPS) is 23.0. The standard InChI is InChI=1S/C18H29N3O3S2/c22-18(20-12-11-19-15-7-3-1-2-4-8-15)16-9-5-13-21(16)26(23,24)17-10-6-14-25-17/h6,10,14-16,19H,1-5,7-9,11-13H2,(H,20,22). The third-order valence-corrected chi connectivity index (χ3v) is 8.56. The molecule has 2 aliphatic rings. The Bertz CT molecular complexity index is 668. The first-order valence-corrected chi connectivity index (χ1v) is 12.0. The van der Waals surface area contributed by atoms with E-state index >= 15 is 0 Å². The van der Waals surface area contributed by atoms with Crippen molar-refractivity contribution >= 4 is 27.3 Å². The van der Waals surface area contributed by atoms with E-state index in [0.29, 0.717) is 29.8 Å². The number of rotatable bonds is 7. The monoisotopic (exact) mass is 399 g/mol. The Morgan fingerprint density at radius 2 is 1.88 bits per heavy atom. The molecule has 1 saturated carbocycles. The van der Waals surface area contributed by atoms with Crippen molar-refractivity contribution in [2.24, 2.45) is 0 Å². The number of nitrogens with zero attached hydrogens (tertiary/aromatic N) is 1. The molecule has 1 atom stereocenters. The number of hydrogen-bond donors (Lipinski definition) is 2. The smallest absolute Gasteiger partial charge is 0.253 e. The fraction of sp³-hybridized carbons (Fsp3) is 0.722. The van der Waals surface area contributed by atoms with E-state index in [1.807, 2.05) is 0 Å². The molecule has 2 heterocycles. The summed E-state index contributed by atoms with van der Waals surface area (Å²) in [6.07, 6.45) is 8.95. The first kappa shape index (κ1) is 19.8. The molecule has 0 aromatic carbocycles. The molecule has 1 aliphatic heterocycles. The topological polar surface area (TPSA) is 78.5 Å². The van der Waals surface area contributed by atoms with Gasteiger partial charge in [0.2, 0.25) is 5.91 Å². The molecule has 3 rings (SSSR count). The lowest BCUT2D eigenvalue weighted by atomic mass is 10.1. The average molecular weight is 400 g/mol. The molecule has 146 valence electrons. The van der Waals surface area contributed by atoms with Crippen molar-refractivity contribution in [2.75, 3.05) is 19.6 Å². The summed E-state index contributed by atoms with van der Waals surface area (Å²) in [6, 6.07) is 3.29. The molecule has 8 heteroatoms. The molecule has 1 aromatic rings. The maximum Gasteiger partial charge on any atom is 0.253 e. The minimum absolute atomic E-state index is 0.176. The Kier molecular flexibility index (Phi) is 7.08. The van der Waals surface area contributed by atoms with Crippen LogP contribution in [-0.4, -0.2) is 50.3 Å². The van der Waals surface area contributed by atoms with E-state index in [2.05, 4.69) is 10.6 Å². The molecule has 0 spiro atoms. The number of hydrogen-bond acceptors (Lipinski definition) is 5. The Morgan fingerprint density at radius 3 is 2.58 bits per heavy atom. The summed E-state index contributed by atoms with van der Waals surface area (Å²) in [5.74, 6) is -0.176. The van der Waals surface area contributed by atoms with Gasteiger partial charge in [0, 0.05) is 25.7 Å². The first-order chi connectivity index (χ1) is 12.6. The third kappa shape index (κ3) is 4.85. The maximum atomic E-state index is 12.7. The van der Waals surface area contributed by atoms with Gasteiger partial charge in [0.1, 0.15) is 10.3 Å². The van der Waals surface area contributed by atoms with Gasteiger partial charge in [-0.25, -0.2) is 8.42 Å². The van der Waals surface area contributed by atoms with Crippen molar-refractivity contribution in [3.63, 3.8) is 0 Å². The Morgan fingerprint density at radius 1 is 1.12 bits per heavy atom. The van der Waals surface area contributed by atoms with Gasteiger partial charge in [-0.2, -0.15) is 4.31 Å². The van der Waals surface area contributed by atoms with Crippen molar-refractivity contribution in [1.29, 1.82) is 0 Å². The minimum atomic E-state index is -3.57. The van der Waals surface area contributed by atoms with E-state index in [-0.39, 0.29) is 5.91 Å². The predicted molar refractivity (Wildman–Crippen MR) is 104 cm³/mol. The molecule has 1 aromatic heterocycles. The van der Waals surface area contributed by atoms with Gasteiger partial charge >= 0.3 is 0 Å². The van der Waals surface area contributed by atoms with Gasteiger partial charge in [0.25, 0.3) is 10.0 Å². The first-order valence-electron chi connectivity index (χ1n) is 9.65. The zero-order valence-corrected chi connectivity index (χ0v) is 16.8. The van der Waals surface area contributed by atoms with Crippen LogP contribution in [0.3, 0.4) is 0 Å². The zero-order valence-electron chi connectivity index (χ0n) is 15.2. The van der Waals surface area contributed by atoms with Gasteiger partial charge in [0.15, 0.2) is 0 Å². The molecule has 1 unspecified atom stereocenters. The van der Waals surface area contributed by atoms with E-state index in [1.54, 1.807) is 17.5 Å². The van der Waals surface area contributed by atoms with Gasteiger partial charge in [-0.05, 0) is 37.1 Å². The maximum absolute atomic E-state index is 12.7. The number of carbonyl (C=O) groups is 1. The zero-order chi connectivity index (χ0) is 18.4. The van der Waals surface area contributed by atoms with Crippen molar-refractivity contribution in [3.8, 4) is 0 Å². The van der Waals surface area contributed by atoms with Crippen LogP contribution in [0.1, 0.15) is 51.4 Å². The van der Waals surface area contributed by atoms with Crippen LogP contribution in [0.15, 0.2) is 21.7 Å². The van der Waals surface area contributed by atoms with Gasteiger partial charge in [-0.3, -0.25) is 4.79 Å². The van der Waals surface area contributed by atoms with Crippen LogP contribution in [0.5, 0.6) is 0 Å². The Labute approximate surface area is 160 Å². The second-order valence-electron chi connectivity index (χ2n) is 7.14. The highest BCUT2D eigenvalue weighted by atomic mass is 32.2. The Balaban J connectivity index is 1.47. The molecule has 0 bridgehead atoms. The average Bonchev–Trinajstić information content (AvgIpc) is 3.28. The van der Waals surface area contributed by atoms with Crippen LogP contribution in [0, 0.1) is 0 Å². The highest BCUT2D eigenvalue weighted by molar-refractivity contribution is 7.91. The molecular weight excluding hydrogens is 370 g/mol. The summed E-state index contributed by atoms with van der Waals surface area (Å²) in [4.78, 5) is 12.5. The molecule has 1 aliphatic carbocycles. The van der Waals surface area contributed by atoms with Gasteiger partial charge in [0.05, 0.1) is 0 Å². The van der Waals surface area contributed by atoms with Crippen molar-refractivity contribution < 1.29 is 13.2 Å². The Hall–Kier alpha value is -0.960. The van der Waals surface area contributed by atoms with Crippen molar-refractivity contribution in [2.45, 2.75) is 67.7 Å². The molecule has 6 nitrogen and oxygen atoms in total. The van der Waals surface area contributed by atoms with E-state index in [4.69, 9.17) is 0 Å². The summed E-state index contributed by atoms with van der Waals surface area (Å²) < 4.78 is 27.1. The number of amides is 1. The summed E-state index contributed by atoms with van der Waals surface area (Å²) in [6.45, 7) is 1.69. The summed E-state index contributed by atoms with van der Waals surface area (Å²) in [5.41, 5.74) is 0. The second-order valence-corrected chi connectivity index (χ2v) is 10.2. The lowest BCUT2D eigenvalue weighted by molar-refractivity contribution is -0.124. The van der Waals surface area contributed by atoms with Gasteiger partial charge < -0.3 is 10.6 Å². The third-order valence-electron chi connectivity index (χ3n) is 5.28. The lowest BCUT2D eigenvalue weighted by Crippen LogP contribution is -2.47. The van der Waals surface area contributed by atoms with Crippen LogP contribution >= 0.6 is 11.3 Å². The largest absolute Gasteiger partial charge is 0.353 e. The van der Waals surface area contributed by atoms with E-state index < -0.39 is 16.1 Å². The molecule has 1 amide bonds. The lowest BCUT2D eigenvalue weighted by Gasteiger charge is -2.23. The van der Waals surface area contributed by atoms with Crippen molar-refractivity contribution in [3.05, 3.63) is 17.5 Å². The summed E-state index contributed by atoms with van der Waals surface area (Å²) in [5, 5.41) is 8.20. The highest BCUT2D eigenvalue weighted by Gasteiger charge is 2.39. The fourth-order valence-electron chi connectivity index (χ4n) is 3.88. The van der Waals surface area contributed by atoms with E-state index in [1.165, 1.54) is 54.2 Å². The predicted octanol–water partition coefficient (Wildman–Crippen LogP) is 2.33. The summed E-state index contributed by atoms with van der Waals surface area (Å²) in [7, 11) is -3.57. The number of sulfonamides is 1. The van der Waals surface area contributed by atoms with Crippen LogP contribution in [0.4, 0.5) is 0 Å². The van der Waals surface area contributed by atoms with Crippen LogP contribution < -0.4 is 10.6 Å². The van der Waals surface area contributed by atoms with Crippen LogP contribution in [0.25, 0.3) is 0 Å². The quantitative estimate of drug-likeness (QED) is 0.545. The molecule has 2 fully saturated rings. The molecule has 26 heavy (non-hydrogen) atoms. The molecule has 0 radical (unpaired) electrons. The molecule has 2 N–H and O–H groups in total.